The quantitative estimate of drug-likeness (QED) is 0.0812. The molecule has 2 unspecified atom stereocenters. The highest BCUT2D eigenvalue weighted by atomic mass is 16.8. The van der Waals surface area contributed by atoms with Gasteiger partial charge in [-0.15, -0.1) is 0 Å². The summed E-state index contributed by atoms with van der Waals surface area (Å²) in [6, 6.07) is 0. The number of carboxylic acids is 1. The van der Waals surface area contributed by atoms with Gasteiger partial charge in [0.25, 0.3) is 0 Å². The van der Waals surface area contributed by atoms with Gasteiger partial charge in [-0.2, -0.15) is 0 Å². The third-order valence-corrected chi connectivity index (χ3v) is 15.0. The van der Waals surface area contributed by atoms with Crippen molar-refractivity contribution in [2.75, 3.05) is 19.8 Å². The van der Waals surface area contributed by atoms with E-state index in [9.17, 15) is 61.0 Å². The Morgan fingerprint density at radius 1 is 0.679 bits per heavy atom. The molecule has 4 saturated carbocycles. The van der Waals surface area contributed by atoms with Crippen LogP contribution in [0.1, 0.15) is 71.6 Å². The first kappa shape index (κ1) is 42.7. The average molecular weight is 805 g/mol. The van der Waals surface area contributed by atoms with Gasteiger partial charge in [0.1, 0.15) is 73.2 Å². The molecule has 56 heavy (non-hydrogen) atoms. The van der Waals surface area contributed by atoms with Gasteiger partial charge in [-0.25, -0.2) is 0 Å². The molecule has 7 aliphatic rings. The largest absolute Gasteiger partial charge is 0.481 e. The molecule has 1 spiro atoms. The third-order valence-electron chi connectivity index (χ3n) is 15.0. The van der Waals surface area contributed by atoms with Gasteiger partial charge in [0.05, 0.1) is 30.8 Å². The zero-order valence-corrected chi connectivity index (χ0v) is 31.8. The minimum absolute atomic E-state index is 0.00993. The molecule has 0 aromatic rings. The van der Waals surface area contributed by atoms with Gasteiger partial charge in [0.15, 0.2) is 18.9 Å². The predicted molar refractivity (Wildman–Crippen MR) is 187 cm³/mol. The summed E-state index contributed by atoms with van der Waals surface area (Å²) in [7, 11) is 0. The molecule has 11 N–H and O–H groups in total. The number of hydrogen-bond acceptors (Lipinski definition) is 17. The maximum Gasteiger partial charge on any atom is 0.309 e. The fraction of sp³-hybridized carbons (Fsp3) is 0.921. The predicted octanol–water partition coefficient (Wildman–Crippen LogP) is -2.37. The molecule has 320 valence electrons. The van der Waals surface area contributed by atoms with Crippen LogP contribution in [0, 0.1) is 28.1 Å². The topological polar surface area (TPSA) is 295 Å². The van der Waals surface area contributed by atoms with Crippen molar-refractivity contribution in [2.45, 2.75) is 169 Å². The average Bonchev–Trinajstić information content (AvgIpc) is 3.36. The number of carboxylic acid groups (broad SMARTS) is 1. The number of hydrogen-bond donors (Lipinski definition) is 11. The van der Waals surface area contributed by atoms with E-state index in [1.165, 1.54) is 0 Å². The van der Waals surface area contributed by atoms with Crippen LogP contribution in [0.5, 0.6) is 0 Å². The Hall–Kier alpha value is -1.43. The third kappa shape index (κ3) is 6.69. The van der Waals surface area contributed by atoms with Gasteiger partial charge < -0.3 is 84.6 Å². The monoisotopic (exact) mass is 804 g/mol. The zero-order valence-electron chi connectivity index (χ0n) is 31.8. The van der Waals surface area contributed by atoms with Crippen LogP contribution < -0.4 is 0 Å². The molecule has 0 aromatic heterocycles. The second kappa shape index (κ2) is 15.6. The Bertz CT molecular complexity index is 1450. The fourth-order valence-electron chi connectivity index (χ4n) is 12.1. The molecule has 21 atom stereocenters. The maximum absolute atomic E-state index is 12.7. The second-order valence-electron chi connectivity index (χ2n) is 18.0. The van der Waals surface area contributed by atoms with E-state index < -0.39 is 129 Å². The number of aliphatic hydroxyl groups is 10. The van der Waals surface area contributed by atoms with E-state index in [2.05, 4.69) is 13.5 Å². The highest BCUT2D eigenvalue weighted by Crippen LogP contribution is 2.73. The molecule has 7 rings (SSSR count). The van der Waals surface area contributed by atoms with Gasteiger partial charge in [-0.1, -0.05) is 19.9 Å². The molecule has 0 radical (unpaired) electrons. The van der Waals surface area contributed by atoms with Gasteiger partial charge in [0, 0.05) is 0 Å². The lowest BCUT2D eigenvalue weighted by Crippen LogP contribution is -2.68. The summed E-state index contributed by atoms with van der Waals surface area (Å²) in [5.74, 6) is -0.606. The van der Waals surface area contributed by atoms with Crippen molar-refractivity contribution >= 4 is 5.97 Å². The lowest BCUT2D eigenvalue weighted by Gasteiger charge is -2.64. The molecular formula is C38H60O18. The molecule has 0 aromatic carbocycles. The molecule has 3 saturated heterocycles. The fourth-order valence-corrected chi connectivity index (χ4v) is 12.1. The van der Waals surface area contributed by atoms with Crippen LogP contribution >= 0.6 is 0 Å². The van der Waals surface area contributed by atoms with E-state index in [1.807, 2.05) is 6.92 Å². The van der Waals surface area contributed by atoms with Crippen LogP contribution in [0.15, 0.2) is 12.2 Å². The lowest BCUT2D eigenvalue weighted by molar-refractivity contribution is -0.400. The van der Waals surface area contributed by atoms with E-state index in [0.717, 1.165) is 31.3 Å². The summed E-state index contributed by atoms with van der Waals surface area (Å²) in [4.78, 5) is 12.7. The minimum Gasteiger partial charge on any atom is -0.481 e. The lowest BCUT2D eigenvalue weighted by atomic mass is 9.41. The van der Waals surface area contributed by atoms with E-state index in [-0.39, 0.29) is 22.7 Å². The van der Waals surface area contributed by atoms with Crippen LogP contribution in [0.3, 0.4) is 0 Å². The van der Waals surface area contributed by atoms with Gasteiger partial charge in [-0.3, -0.25) is 4.79 Å². The second-order valence-corrected chi connectivity index (χ2v) is 18.0. The molecule has 3 aliphatic heterocycles. The molecule has 7 fully saturated rings. The van der Waals surface area contributed by atoms with Crippen molar-refractivity contribution in [1.82, 2.24) is 0 Å². The van der Waals surface area contributed by atoms with Crippen molar-refractivity contribution in [2.24, 2.45) is 28.1 Å². The van der Waals surface area contributed by atoms with E-state index in [1.54, 1.807) is 0 Å². The summed E-state index contributed by atoms with van der Waals surface area (Å²) in [5, 5.41) is 116. The molecule has 4 aliphatic carbocycles. The van der Waals surface area contributed by atoms with Crippen molar-refractivity contribution in [3.8, 4) is 0 Å². The Morgan fingerprint density at radius 3 is 1.75 bits per heavy atom. The van der Waals surface area contributed by atoms with Crippen LogP contribution in [0.4, 0.5) is 0 Å². The Balaban J connectivity index is 1.21. The number of ether oxygens (including phenoxy) is 6. The summed E-state index contributed by atoms with van der Waals surface area (Å²) in [6.07, 6.45) is -19.3. The highest BCUT2D eigenvalue weighted by Gasteiger charge is 2.69. The Labute approximate surface area is 324 Å². The number of carbonyl (C=O) groups is 1. The van der Waals surface area contributed by atoms with Gasteiger partial charge >= 0.3 is 5.97 Å². The van der Waals surface area contributed by atoms with Crippen LogP contribution in [-0.2, 0) is 33.2 Å². The van der Waals surface area contributed by atoms with E-state index in [4.69, 9.17) is 28.4 Å². The number of aliphatic hydroxyl groups excluding tert-OH is 10. The van der Waals surface area contributed by atoms with Crippen molar-refractivity contribution in [3.63, 3.8) is 0 Å². The highest BCUT2D eigenvalue weighted by molar-refractivity contribution is 5.75. The van der Waals surface area contributed by atoms with Crippen molar-refractivity contribution < 1.29 is 89.4 Å². The molecule has 18 nitrogen and oxygen atoms in total. The minimum atomic E-state index is -1.91. The summed E-state index contributed by atoms with van der Waals surface area (Å²) in [6.45, 7) is 6.28. The number of fused-ring (bicyclic) bond motifs is 3. The first-order valence-electron chi connectivity index (χ1n) is 19.9. The van der Waals surface area contributed by atoms with E-state index in [0.29, 0.717) is 32.1 Å². The van der Waals surface area contributed by atoms with Gasteiger partial charge in [0.2, 0.25) is 0 Å². The van der Waals surface area contributed by atoms with Crippen LogP contribution in [-0.4, -0.2) is 180 Å². The Morgan fingerprint density at radius 2 is 1.20 bits per heavy atom. The van der Waals surface area contributed by atoms with Crippen molar-refractivity contribution in [1.29, 1.82) is 0 Å². The number of rotatable bonds is 10. The molecule has 18 heteroatoms. The SMILES string of the molecule is C=C1C[C@@]23CCC4[C@@](C)(CCC[C@@]4(C)C(=O)O)C2CC[C@]1(O[C@@H]1O[C@H](CO)[C@@H](O)[C@H](O[C@@H]2O[C@H](CO)[C@@H](O)[C@H](O)[C@H]2O)[C@H]1O[C@@H]1O[C@H](CO)[C@@H](O)[C@H](O)[C@H]1O)C3. The first-order chi connectivity index (χ1) is 26.4. The normalized spacial score (nSPS) is 54.6. The molecule has 2 bridgehead atoms. The Kier molecular flexibility index (Phi) is 11.9. The first-order valence-corrected chi connectivity index (χ1v) is 19.9. The number of aliphatic carboxylic acids is 1. The molecule has 3 heterocycles. The zero-order chi connectivity index (χ0) is 40.7. The maximum atomic E-state index is 12.7. The summed E-state index contributed by atoms with van der Waals surface area (Å²) >= 11 is 0. The van der Waals surface area contributed by atoms with E-state index >= 15 is 0 Å². The molecule has 0 amide bonds. The van der Waals surface area contributed by atoms with Crippen LogP contribution in [0.2, 0.25) is 0 Å². The summed E-state index contributed by atoms with van der Waals surface area (Å²) < 4.78 is 36.7. The van der Waals surface area contributed by atoms with Crippen molar-refractivity contribution in [3.05, 3.63) is 12.2 Å². The summed E-state index contributed by atoms with van der Waals surface area (Å²) in [5.41, 5.74) is -1.63. The van der Waals surface area contributed by atoms with Crippen LogP contribution in [0.25, 0.3) is 0 Å². The standard InChI is InChI=1S/C38H60O18/c1-16-11-37-9-5-20-35(2,7-4-8-36(20,3)34(49)50)21(37)6-10-38(16,15-37)56-33-30(55-32-28(48)26(46)23(43)18(13-40)52-32)29(24(44)19(14-41)53-33)54-31-27(47)25(45)22(42)17(12-39)51-31/h17-33,39-48H,1,4-15H2,2-3H3,(H,49,50)/t17-,18-,19-,20?,21?,22-,23-,24-,25+,26+,27-,28-,29+,30-,31+,32+,33+,35-,36-,37-,38+/m1/s1. The van der Waals surface area contributed by atoms with Gasteiger partial charge in [-0.05, 0) is 86.5 Å². The molecular weight excluding hydrogens is 744 g/mol. The smallest absolute Gasteiger partial charge is 0.309 e.